The van der Waals surface area contributed by atoms with Crippen LogP contribution in [0.1, 0.15) is 22.8 Å². The molecule has 0 amide bonds. The van der Waals surface area contributed by atoms with Crippen LogP contribution in [0, 0.1) is 0 Å². The third kappa shape index (κ3) is 10.5. The summed E-state index contributed by atoms with van der Waals surface area (Å²) in [4.78, 5) is 18.9. The first-order chi connectivity index (χ1) is 30.2. The van der Waals surface area contributed by atoms with Crippen LogP contribution in [0.25, 0.3) is 90.9 Å². The summed E-state index contributed by atoms with van der Waals surface area (Å²) in [5.41, 5.74) is 20.9. The van der Waals surface area contributed by atoms with Gasteiger partial charge in [-0.3, -0.25) is 17.9 Å². The first kappa shape index (κ1) is 53.4. The molecule has 4 aromatic carbocycles. The van der Waals surface area contributed by atoms with E-state index in [9.17, 15) is 0 Å². The van der Waals surface area contributed by atoms with Gasteiger partial charge in [-0.05, 0) is 168 Å². The minimum atomic E-state index is 0. The van der Waals surface area contributed by atoms with Gasteiger partial charge in [0, 0.05) is 44.3 Å². The molecule has 8 bridgehead atoms. The summed E-state index contributed by atoms with van der Waals surface area (Å²) in [5, 5.41) is 0. The maximum atomic E-state index is 5.53. The molecule has 0 spiro atoms. The highest BCUT2D eigenvalue weighted by Gasteiger charge is 2.22. The second-order valence-electron chi connectivity index (χ2n) is 20.7. The summed E-state index contributed by atoms with van der Waals surface area (Å²) in [6.07, 6.45) is 8.65. The Kier molecular flexibility index (Phi) is 15.6. The Morgan fingerprint density at radius 2 is 0.471 bits per heavy atom. The van der Waals surface area contributed by atoms with Gasteiger partial charge in [-0.15, -0.1) is 0 Å². The zero-order valence-electron chi connectivity index (χ0n) is 41.1. The summed E-state index contributed by atoms with van der Waals surface area (Å²) >= 11 is 0. The molecule has 12 heteroatoms. The van der Waals surface area contributed by atoms with Gasteiger partial charge in [0.05, 0.1) is 107 Å². The number of benzene rings is 4. The van der Waals surface area contributed by atoms with E-state index < -0.39 is 0 Å². The Bertz CT molecular complexity index is 3000. The number of quaternary nitrogens is 4. The predicted octanol–water partition coefficient (Wildman–Crippen LogP) is 0.126. The molecule has 0 aliphatic carbocycles. The summed E-state index contributed by atoms with van der Waals surface area (Å²) in [5.74, 6) is 0. The van der Waals surface area contributed by atoms with Crippen molar-refractivity contribution in [3.05, 3.63) is 144 Å². The van der Waals surface area contributed by atoms with Crippen LogP contribution in [-0.2, 0) is 0 Å². The molecular weight excluding hydrogens is 926 g/mol. The minimum Gasteiger partial charge on any atom is -1.00 e. The molecule has 2 N–H and O–H groups in total. The third-order valence-corrected chi connectivity index (χ3v) is 12.5. The molecule has 5 heterocycles. The lowest BCUT2D eigenvalue weighted by molar-refractivity contribution is -0.00100. The van der Waals surface area contributed by atoms with Gasteiger partial charge in [0.25, 0.3) is 0 Å². The summed E-state index contributed by atoms with van der Waals surface area (Å²) in [6, 6.07) is 44.6. The normalized spacial score (nSPS) is 12.4. The Morgan fingerprint density at radius 1 is 0.265 bits per heavy atom. The molecule has 3 aromatic heterocycles. The van der Waals surface area contributed by atoms with Gasteiger partial charge in [-0.2, -0.15) is 0 Å². The number of rotatable bonds is 8. The van der Waals surface area contributed by atoms with Gasteiger partial charge in [0.1, 0.15) is 22.7 Å². The van der Waals surface area contributed by atoms with Crippen LogP contribution in [0.3, 0.4) is 0 Å². The molecule has 7 aromatic rings. The monoisotopic (exact) mass is 986 g/mol. The number of hydrogen-bond donors (Lipinski definition) is 2. The topological polar surface area (TPSA) is 57.4 Å². The van der Waals surface area contributed by atoms with Crippen LogP contribution >= 0.6 is 0 Å². The standard InChI is InChI=1S/C56H62N8.4ClH/c1-61(2,3)41-21-13-37(14-22-41)53-45-29-31-47(57-45)54(38-15-23-42(24-16-38)62(4,5)6)49-33-35-51(59-49)56(40-19-27-44(28-20-40)64(10,11)12)52-36-34-50(60-52)55(48-32-30-46(53)58-48)39-17-25-43(26-18-39)63(7,8)9;;;;/h13-36,57-58H,1-12H3;4*1H/q+4;;;;/p-4. The fraction of sp³-hybridized carbons (Fsp3) is 0.214. The van der Waals surface area contributed by atoms with Crippen LogP contribution in [0.5, 0.6) is 0 Å². The van der Waals surface area contributed by atoms with Gasteiger partial charge >= 0.3 is 0 Å². The lowest BCUT2D eigenvalue weighted by atomic mass is 10.0. The van der Waals surface area contributed by atoms with E-state index in [4.69, 9.17) is 9.97 Å². The van der Waals surface area contributed by atoms with E-state index in [1.807, 2.05) is 0 Å². The summed E-state index contributed by atoms with van der Waals surface area (Å²) < 4.78 is 2.91. The Balaban J connectivity index is 0.00000216. The van der Waals surface area contributed by atoms with Crippen LogP contribution in [0.4, 0.5) is 22.7 Å². The number of fused-ring (bicyclic) bond motifs is 8. The summed E-state index contributed by atoms with van der Waals surface area (Å²) in [6.45, 7) is 0. The van der Waals surface area contributed by atoms with Crippen LogP contribution < -0.4 is 67.6 Å². The van der Waals surface area contributed by atoms with E-state index in [1.54, 1.807) is 0 Å². The Labute approximate surface area is 427 Å². The van der Waals surface area contributed by atoms with E-state index in [1.165, 1.54) is 22.7 Å². The highest BCUT2D eigenvalue weighted by molar-refractivity contribution is 6.00. The molecule has 0 unspecified atom stereocenters. The minimum absolute atomic E-state index is 0. The predicted molar refractivity (Wildman–Crippen MR) is 279 cm³/mol. The van der Waals surface area contributed by atoms with Crippen LogP contribution in [-0.4, -0.2) is 105 Å². The largest absolute Gasteiger partial charge is 1.00 e. The zero-order chi connectivity index (χ0) is 45.3. The maximum Gasteiger partial charge on any atom is 0.132 e. The number of aromatic nitrogens is 4. The number of halogens is 4. The molecule has 0 fully saturated rings. The molecule has 9 rings (SSSR count). The van der Waals surface area contributed by atoms with E-state index in [2.05, 4.69) is 240 Å². The van der Waals surface area contributed by atoms with E-state index in [0.29, 0.717) is 0 Å². The summed E-state index contributed by atoms with van der Waals surface area (Å²) in [7, 11) is 26.4. The van der Waals surface area contributed by atoms with Crippen molar-refractivity contribution >= 4 is 69.1 Å². The zero-order valence-corrected chi connectivity index (χ0v) is 44.1. The average Bonchev–Trinajstić information content (AvgIpc) is 4.08. The molecule has 0 saturated carbocycles. The van der Waals surface area contributed by atoms with Crippen molar-refractivity contribution in [2.75, 3.05) is 84.6 Å². The average molecular weight is 989 g/mol. The highest BCUT2D eigenvalue weighted by atomic mass is 35.5. The number of nitrogens with zero attached hydrogens (tertiary/aromatic N) is 6. The smallest absolute Gasteiger partial charge is 0.132 e. The number of aromatic amines is 2. The fourth-order valence-corrected chi connectivity index (χ4v) is 8.72. The lowest BCUT2D eigenvalue weighted by Crippen LogP contribution is -3.00. The number of hydrogen-bond acceptors (Lipinski definition) is 2. The first-order valence-corrected chi connectivity index (χ1v) is 22.1. The van der Waals surface area contributed by atoms with Gasteiger partial charge < -0.3 is 59.6 Å². The van der Waals surface area contributed by atoms with E-state index in [0.717, 1.165) is 107 Å². The van der Waals surface area contributed by atoms with Crippen molar-refractivity contribution in [3.63, 3.8) is 0 Å². The van der Waals surface area contributed by atoms with Crippen molar-refractivity contribution < 1.29 is 49.6 Å². The second-order valence-corrected chi connectivity index (χ2v) is 20.7. The Morgan fingerprint density at radius 3 is 0.721 bits per heavy atom. The maximum absolute atomic E-state index is 5.53. The second kappa shape index (κ2) is 19.8. The van der Waals surface area contributed by atoms with E-state index >= 15 is 0 Å². The quantitative estimate of drug-likeness (QED) is 0.213. The molecular formula is C56H62Cl4N8. The Hall–Kier alpha value is -5.52. The van der Waals surface area contributed by atoms with E-state index in [-0.39, 0.29) is 49.6 Å². The van der Waals surface area contributed by atoms with Crippen molar-refractivity contribution in [2.24, 2.45) is 0 Å². The van der Waals surface area contributed by atoms with Gasteiger partial charge in [-0.25, -0.2) is 9.97 Å². The molecule has 0 radical (unpaired) electrons. The SMILES string of the molecule is C[N+](C)(C)c1ccc(-c2c3nc(c(-c4ccc([N+](C)(C)C)cc4)c4ccc([nH]4)c(-c4ccc([N+](C)(C)C)cc4)c4ccc([nH]4)c(-c4ccc([N+](C)(C)C)cc4)c4nc2C=C4)C=C3)cc1.[Cl-].[Cl-].[Cl-].[Cl-]. The lowest BCUT2D eigenvalue weighted by Gasteiger charge is -2.23. The van der Waals surface area contributed by atoms with Crippen molar-refractivity contribution in [1.82, 2.24) is 37.9 Å². The first-order valence-electron chi connectivity index (χ1n) is 22.1. The fourth-order valence-electron chi connectivity index (χ4n) is 8.72. The molecule has 354 valence electrons. The molecule has 2 aliphatic rings. The molecule has 8 nitrogen and oxygen atoms in total. The van der Waals surface area contributed by atoms with Gasteiger partial charge in [0.2, 0.25) is 0 Å². The molecule has 0 atom stereocenters. The molecule has 0 saturated heterocycles. The molecule has 68 heavy (non-hydrogen) atoms. The van der Waals surface area contributed by atoms with Gasteiger partial charge in [-0.1, -0.05) is 0 Å². The third-order valence-electron chi connectivity index (χ3n) is 12.5. The van der Waals surface area contributed by atoms with Crippen LogP contribution in [0.2, 0.25) is 0 Å². The van der Waals surface area contributed by atoms with Crippen molar-refractivity contribution in [3.8, 4) is 44.5 Å². The number of nitrogens with one attached hydrogen (secondary N) is 2. The van der Waals surface area contributed by atoms with Gasteiger partial charge in [0.15, 0.2) is 0 Å². The van der Waals surface area contributed by atoms with Crippen LogP contribution in [0.15, 0.2) is 121 Å². The molecule has 2 aliphatic heterocycles. The number of H-pyrrole nitrogens is 2. The van der Waals surface area contributed by atoms with Crippen molar-refractivity contribution in [2.45, 2.75) is 0 Å². The highest BCUT2D eigenvalue weighted by Crippen LogP contribution is 2.40. The van der Waals surface area contributed by atoms with Crippen molar-refractivity contribution in [1.29, 1.82) is 0 Å².